The van der Waals surface area contributed by atoms with Crippen LogP contribution in [-0.2, 0) is 11.3 Å². The van der Waals surface area contributed by atoms with Crippen molar-refractivity contribution in [2.75, 3.05) is 26.0 Å². The molecule has 8 heteroatoms. The van der Waals surface area contributed by atoms with Crippen LogP contribution in [0.15, 0.2) is 35.0 Å². The van der Waals surface area contributed by atoms with E-state index in [2.05, 4.69) is 5.32 Å². The topological polar surface area (TPSA) is 84.7 Å². The highest BCUT2D eigenvalue weighted by molar-refractivity contribution is 7.07. The lowest BCUT2D eigenvalue weighted by Gasteiger charge is -2.16. The number of nitro groups is 1. The van der Waals surface area contributed by atoms with E-state index in [9.17, 15) is 14.9 Å². The first-order valence-electron chi connectivity index (χ1n) is 6.81. The largest absolute Gasteiger partial charge is 0.494 e. The molecular weight excluding hydrogens is 318 g/mol. The van der Waals surface area contributed by atoms with Crippen molar-refractivity contribution >= 4 is 28.6 Å². The van der Waals surface area contributed by atoms with E-state index >= 15 is 0 Å². The number of nitrogens with one attached hydrogen (secondary N) is 1. The molecule has 0 aliphatic heterocycles. The van der Waals surface area contributed by atoms with E-state index < -0.39 is 4.92 Å². The van der Waals surface area contributed by atoms with E-state index in [0.29, 0.717) is 12.2 Å². The number of ether oxygens (including phenoxy) is 1. The third kappa shape index (κ3) is 4.76. The van der Waals surface area contributed by atoms with Gasteiger partial charge in [-0.05, 0) is 35.5 Å². The van der Waals surface area contributed by atoms with Gasteiger partial charge in [-0.2, -0.15) is 11.3 Å². The van der Waals surface area contributed by atoms with Crippen molar-refractivity contribution in [1.82, 2.24) is 4.90 Å². The molecule has 122 valence electrons. The smallest absolute Gasteiger partial charge is 0.273 e. The minimum absolute atomic E-state index is 0.0885. The third-order valence-corrected chi connectivity index (χ3v) is 3.85. The quantitative estimate of drug-likeness (QED) is 0.621. The van der Waals surface area contributed by atoms with Gasteiger partial charge in [0, 0.05) is 12.6 Å². The highest BCUT2D eigenvalue weighted by atomic mass is 32.1. The Balaban J connectivity index is 1.98. The first kappa shape index (κ1) is 16.9. The number of benzene rings is 1. The zero-order valence-electron chi connectivity index (χ0n) is 12.8. The first-order valence-corrected chi connectivity index (χ1v) is 7.75. The number of anilines is 1. The molecule has 1 aromatic heterocycles. The molecule has 1 heterocycles. The summed E-state index contributed by atoms with van der Waals surface area (Å²) < 4.78 is 5.10. The van der Waals surface area contributed by atoms with Crippen molar-refractivity contribution in [3.8, 4) is 5.75 Å². The minimum Gasteiger partial charge on any atom is -0.494 e. The van der Waals surface area contributed by atoms with Gasteiger partial charge in [-0.1, -0.05) is 0 Å². The first-order chi connectivity index (χ1) is 11.0. The van der Waals surface area contributed by atoms with E-state index in [1.807, 2.05) is 28.8 Å². The van der Waals surface area contributed by atoms with Crippen molar-refractivity contribution in [1.29, 1.82) is 0 Å². The number of amides is 1. The number of methoxy groups -OCH3 is 1. The molecule has 2 aromatic rings. The molecule has 0 spiro atoms. The van der Waals surface area contributed by atoms with Gasteiger partial charge in [-0.15, -0.1) is 0 Å². The minimum atomic E-state index is -0.511. The Morgan fingerprint density at radius 1 is 1.43 bits per heavy atom. The standard InChI is InChI=1S/C15H17N3O4S/c1-17(8-11-5-6-23-10-11)9-15(19)16-13-4-3-12(18(20)21)7-14(13)22-2/h3-7,10H,8-9H2,1-2H3,(H,16,19). The Bertz CT molecular complexity index is 688. The lowest BCUT2D eigenvalue weighted by atomic mass is 10.2. The summed E-state index contributed by atoms with van der Waals surface area (Å²) in [7, 11) is 3.25. The lowest BCUT2D eigenvalue weighted by Crippen LogP contribution is -2.29. The second kappa shape index (κ2) is 7.70. The molecule has 1 amide bonds. The maximum atomic E-state index is 12.1. The number of carbonyl (C=O) groups excluding carboxylic acids is 1. The van der Waals surface area contributed by atoms with Gasteiger partial charge in [0.2, 0.25) is 5.91 Å². The van der Waals surface area contributed by atoms with E-state index in [-0.39, 0.29) is 23.9 Å². The number of hydrogen-bond donors (Lipinski definition) is 1. The van der Waals surface area contributed by atoms with Crippen LogP contribution in [-0.4, -0.2) is 36.4 Å². The maximum Gasteiger partial charge on any atom is 0.273 e. The number of rotatable bonds is 7. The predicted molar refractivity (Wildman–Crippen MR) is 88.9 cm³/mol. The second-order valence-corrected chi connectivity index (χ2v) is 5.77. The highest BCUT2D eigenvalue weighted by Gasteiger charge is 2.14. The number of non-ortho nitro benzene ring substituents is 1. The average molecular weight is 335 g/mol. The Morgan fingerprint density at radius 3 is 2.83 bits per heavy atom. The summed E-state index contributed by atoms with van der Waals surface area (Å²) in [6.07, 6.45) is 0. The molecule has 2 rings (SSSR count). The fourth-order valence-corrected chi connectivity index (χ4v) is 2.74. The summed E-state index contributed by atoms with van der Waals surface area (Å²) in [6.45, 7) is 0.879. The molecule has 1 N–H and O–H groups in total. The van der Waals surface area contributed by atoms with E-state index in [1.54, 1.807) is 11.3 Å². The van der Waals surface area contributed by atoms with Gasteiger partial charge < -0.3 is 10.1 Å². The highest BCUT2D eigenvalue weighted by Crippen LogP contribution is 2.28. The number of nitrogens with zero attached hydrogens (tertiary/aromatic N) is 2. The Morgan fingerprint density at radius 2 is 2.22 bits per heavy atom. The molecule has 0 unspecified atom stereocenters. The summed E-state index contributed by atoms with van der Waals surface area (Å²) in [5.41, 5.74) is 1.47. The Hall–Kier alpha value is -2.45. The van der Waals surface area contributed by atoms with Gasteiger partial charge in [-0.3, -0.25) is 19.8 Å². The van der Waals surface area contributed by atoms with Gasteiger partial charge in [-0.25, -0.2) is 0 Å². The zero-order valence-corrected chi connectivity index (χ0v) is 13.6. The summed E-state index contributed by atoms with van der Waals surface area (Å²) in [5.74, 6) is 0.0444. The van der Waals surface area contributed by atoms with Crippen molar-refractivity contribution < 1.29 is 14.5 Å². The van der Waals surface area contributed by atoms with Crippen LogP contribution in [0.1, 0.15) is 5.56 Å². The Labute approximate surface area is 137 Å². The van der Waals surface area contributed by atoms with Gasteiger partial charge in [0.1, 0.15) is 5.75 Å². The fourth-order valence-electron chi connectivity index (χ4n) is 2.08. The summed E-state index contributed by atoms with van der Waals surface area (Å²) in [4.78, 5) is 24.2. The number of nitro benzene ring substituents is 1. The molecule has 0 aliphatic rings. The van der Waals surface area contributed by atoms with Gasteiger partial charge in [0.25, 0.3) is 5.69 Å². The Kier molecular flexibility index (Phi) is 5.67. The van der Waals surface area contributed by atoms with Crippen LogP contribution in [0, 0.1) is 10.1 Å². The normalized spacial score (nSPS) is 10.6. The van der Waals surface area contributed by atoms with Crippen LogP contribution in [0.5, 0.6) is 5.75 Å². The average Bonchev–Trinajstić information content (AvgIpc) is 2.99. The predicted octanol–water partition coefficient (Wildman–Crippen LogP) is 2.74. The van der Waals surface area contributed by atoms with Crippen LogP contribution >= 0.6 is 11.3 Å². The molecule has 0 atom stereocenters. The van der Waals surface area contributed by atoms with E-state index in [0.717, 1.165) is 5.56 Å². The third-order valence-electron chi connectivity index (χ3n) is 3.12. The SMILES string of the molecule is COc1cc([N+](=O)[O-])ccc1NC(=O)CN(C)Cc1ccsc1. The molecule has 1 aromatic carbocycles. The van der Waals surface area contributed by atoms with Crippen molar-refractivity contribution in [2.24, 2.45) is 0 Å². The molecule has 0 bridgehead atoms. The van der Waals surface area contributed by atoms with E-state index in [1.165, 1.54) is 25.3 Å². The van der Waals surface area contributed by atoms with E-state index in [4.69, 9.17) is 4.74 Å². The van der Waals surface area contributed by atoms with Crippen molar-refractivity contribution in [3.63, 3.8) is 0 Å². The van der Waals surface area contributed by atoms with Gasteiger partial charge in [0.05, 0.1) is 30.3 Å². The fraction of sp³-hybridized carbons (Fsp3) is 0.267. The molecule has 0 fully saturated rings. The summed E-state index contributed by atoms with van der Waals surface area (Å²) in [5, 5.41) is 17.5. The molecule has 0 saturated heterocycles. The van der Waals surface area contributed by atoms with Crippen LogP contribution < -0.4 is 10.1 Å². The van der Waals surface area contributed by atoms with Gasteiger partial charge >= 0.3 is 0 Å². The molecule has 0 saturated carbocycles. The van der Waals surface area contributed by atoms with Crippen LogP contribution in [0.25, 0.3) is 0 Å². The summed E-state index contributed by atoms with van der Waals surface area (Å²) >= 11 is 1.61. The number of thiophene rings is 1. The molecule has 23 heavy (non-hydrogen) atoms. The van der Waals surface area contributed by atoms with Crippen LogP contribution in [0.4, 0.5) is 11.4 Å². The number of likely N-dealkylation sites (N-methyl/N-ethyl adjacent to an activating group) is 1. The molecule has 0 radical (unpaired) electrons. The molecule has 0 aliphatic carbocycles. The molecular formula is C15H17N3O4S. The number of carbonyl (C=O) groups is 1. The van der Waals surface area contributed by atoms with Crippen LogP contribution in [0.3, 0.4) is 0 Å². The number of hydrogen-bond acceptors (Lipinski definition) is 6. The zero-order chi connectivity index (χ0) is 16.8. The second-order valence-electron chi connectivity index (χ2n) is 4.99. The van der Waals surface area contributed by atoms with Crippen molar-refractivity contribution in [3.05, 3.63) is 50.7 Å². The monoisotopic (exact) mass is 335 g/mol. The van der Waals surface area contributed by atoms with Gasteiger partial charge in [0.15, 0.2) is 0 Å². The van der Waals surface area contributed by atoms with Crippen molar-refractivity contribution in [2.45, 2.75) is 6.54 Å². The summed E-state index contributed by atoms with van der Waals surface area (Å²) in [6, 6.07) is 6.09. The molecule has 7 nitrogen and oxygen atoms in total. The maximum absolute atomic E-state index is 12.1. The van der Waals surface area contributed by atoms with Crippen LogP contribution in [0.2, 0.25) is 0 Å². The lowest BCUT2D eigenvalue weighted by molar-refractivity contribution is -0.384.